The van der Waals surface area contributed by atoms with Crippen molar-refractivity contribution in [3.8, 4) is 0 Å². The summed E-state index contributed by atoms with van der Waals surface area (Å²) in [5, 5.41) is 2.86. The van der Waals surface area contributed by atoms with Gasteiger partial charge in [-0.1, -0.05) is 54.3 Å². The number of likely N-dealkylation sites (tertiary alicyclic amines) is 1. The summed E-state index contributed by atoms with van der Waals surface area (Å²) in [6.45, 7) is 2.76. The molecule has 1 fully saturated rings. The minimum absolute atomic E-state index is 0.00347. The minimum atomic E-state index is -0.494. The minimum Gasteiger partial charge on any atom is -0.317 e. The van der Waals surface area contributed by atoms with Crippen LogP contribution in [0.25, 0.3) is 0 Å². The van der Waals surface area contributed by atoms with Gasteiger partial charge in [0.15, 0.2) is 0 Å². The quantitative estimate of drug-likeness (QED) is 0.706. The number of nitrogens with zero attached hydrogens (tertiary/aromatic N) is 1. The van der Waals surface area contributed by atoms with E-state index in [0.29, 0.717) is 12.2 Å². The van der Waals surface area contributed by atoms with Gasteiger partial charge in [0.2, 0.25) is 0 Å². The first-order chi connectivity index (χ1) is 12.0. The maximum Gasteiger partial charge on any atom is 0.322 e. The SMILES string of the molecule is Cc1ccc([C@H]2CCCCCN2C(=O)Nc2ccc(F)c(Cl)c2)cc1. The molecule has 0 aliphatic carbocycles. The highest BCUT2D eigenvalue weighted by molar-refractivity contribution is 6.31. The highest BCUT2D eigenvalue weighted by atomic mass is 35.5. The molecule has 132 valence electrons. The van der Waals surface area contributed by atoms with Crippen LogP contribution in [0.3, 0.4) is 0 Å². The summed E-state index contributed by atoms with van der Waals surface area (Å²) < 4.78 is 13.3. The van der Waals surface area contributed by atoms with Crippen LogP contribution < -0.4 is 5.32 Å². The Bertz CT molecular complexity index is 748. The lowest BCUT2D eigenvalue weighted by atomic mass is 10.00. The second-order valence-electron chi connectivity index (χ2n) is 6.53. The molecular weight excluding hydrogens is 339 g/mol. The molecule has 25 heavy (non-hydrogen) atoms. The highest BCUT2D eigenvalue weighted by Gasteiger charge is 2.26. The monoisotopic (exact) mass is 360 g/mol. The van der Waals surface area contributed by atoms with Gasteiger partial charge in [-0.05, 0) is 43.5 Å². The number of hydrogen-bond acceptors (Lipinski definition) is 1. The van der Waals surface area contributed by atoms with Gasteiger partial charge in [-0.3, -0.25) is 0 Å². The molecule has 5 heteroatoms. The third-order valence-electron chi connectivity index (χ3n) is 4.65. The largest absolute Gasteiger partial charge is 0.322 e. The average Bonchev–Trinajstić information content (AvgIpc) is 2.85. The molecule has 1 saturated heterocycles. The van der Waals surface area contributed by atoms with Crippen molar-refractivity contribution in [1.82, 2.24) is 4.90 Å². The van der Waals surface area contributed by atoms with E-state index in [1.807, 2.05) is 4.90 Å². The lowest BCUT2D eigenvalue weighted by Gasteiger charge is -2.30. The van der Waals surface area contributed by atoms with Gasteiger partial charge in [0.1, 0.15) is 5.82 Å². The molecule has 0 unspecified atom stereocenters. The molecule has 3 nitrogen and oxygen atoms in total. The maximum atomic E-state index is 13.3. The van der Waals surface area contributed by atoms with E-state index in [-0.39, 0.29) is 17.1 Å². The molecule has 0 aromatic heterocycles. The summed E-state index contributed by atoms with van der Waals surface area (Å²) in [6, 6.07) is 12.5. The number of urea groups is 1. The molecule has 1 atom stereocenters. The third kappa shape index (κ3) is 4.31. The first kappa shape index (κ1) is 17.7. The zero-order valence-electron chi connectivity index (χ0n) is 14.3. The van der Waals surface area contributed by atoms with Crippen LogP contribution in [-0.4, -0.2) is 17.5 Å². The van der Waals surface area contributed by atoms with Crippen molar-refractivity contribution in [1.29, 1.82) is 0 Å². The van der Waals surface area contributed by atoms with Gasteiger partial charge in [0, 0.05) is 12.2 Å². The van der Waals surface area contributed by atoms with Crippen molar-refractivity contribution in [2.24, 2.45) is 0 Å². The number of carbonyl (C=O) groups is 1. The van der Waals surface area contributed by atoms with Crippen molar-refractivity contribution in [2.45, 2.75) is 38.6 Å². The van der Waals surface area contributed by atoms with Crippen LogP contribution in [-0.2, 0) is 0 Å². The Hall–Kier alpha value is -2.07. The number of anilines is 1. The fraction of sp³-hybridized carbons (Fsp3) is 0.350. The molecule has 0 radical (unpaired) electrons. The van der Waals surface area contributed by atoms with Crippen LogP contribution in [0.2, 0.25) is 5.02 Å². The van der Waals surface area contributed by atoms with E-state index < -0.39 is 5.82 Å². The lowest BCUT2D eigenvalue weighted by Crippen LogP contribution is -2.38. The molecule has 2 aromatic rings. The Labute approximate surface area is 152 Å². The summed E-state index contributed by atoms with van der Waals surface area (Å²) in [5.74, 6) is -0.494. The normalized spacial score (nSPS) is 17.9. The van der Waals surface area contributed by atoms with Crippen molar-refractivity contribution < 1.29 is 9.18 Å². The number of carbonyl (C=O) groups excluding carboxylic acids is 1. The molecule has 0 bridgehead atoms. The summed E-state index contributed by atoms with van der Waals surface area (Å²) in [4.78, 5) is 14.7. The molecule has 2 aromatic carbocycles. The zero-order chi connectivity index (χ0) is 17.8. The van der Waals surface area contributed by atoms with E-state index >= 15 is 0 Å². The molecule has 0 spiro atoms. The Morgan fingerprint density at radius 2 is 1.92 bits per heavy atom. The second kappa shape index (κ2) is 7.87. The van der Waals surface area contributed by atoms with Gasteiger partial charge in [-0.15, -0.1) is 0 Å². The topological polar surface area (TPSA) is 32.3 Å². The van der Waals surface area contributed by atoms with Crippen LogP contribution in [0.15, 0.2) is 42.5 Å². The number of aryl methyl sites for hydroxylation is 1. The molecule has 3 rings (SSSR count). The number of hydrogen-bond donors (Lipinski definition) is 1. The van der Waals surface area contributed by atoms with E-state index in [9.17, 15) is 9.18 Å². The smallest absolute Gasteiger partial charge is 0.317 e. The van der Waals surface area contributed by atoms with Crippen LogP contribution in [0.5, 0.6) is 0 Å². The molecule has 1 heterocycles. The van der Waals surface area contributed by atoms with E-state index in [0.717, 1.165) is 31.2 Å². The Morgan fingerprint density at radius 1 is 1.16 bits per heavy atom. The van der Waals surface area contributed by atoms with E-state index in [1.165, 1.54) is 23.8 Å². The lowest BCUT2D eigenvalue weighted by molar-refractivity contribution is 0.189. The number of amides is 2. The van der Waals surface area contributed by atoms with Crippen LogP contribution in [0, 0.1) is 12.7 Å². The number of rotatable bonds is 2. The van der Waals surface area contributed by atoms with Crippen molar-refractivity contribution in [2.75, 3.05) is 11.9 Å². The van der Waals surface area contributed by atoms with Crippen molar-refractivity contribution in [3.63, 3.8) is 0 Å². The summed E-state index contributed by atoms with van der Waals surface area (Å²) >= 11 is 5.81. The molecule has 2 amide bonds. The fourth-order valence-electron chi connectivity index (χ4n) is 3.26. The average molecular weight is 361 g/mol. The zero-order valence-corrected chi connectivity index (χ0v) is 15.0. The standard InChI is InChI=1S/C20H22ClFN2O/c1-14-6-8-15(9-7-14)19-5-3-2-4-12-24(19)20(25)23-16-10-11-18(22)17(21)13-16/h6-11,13,19H,2-5,12H2,1H3,(H,23,25)/t19-/m1/s1. The van der Waals surface area contributed by atoms with Crippen LogP contribution in [0.4, 0.5) is 14.9 Å². The van der Waals surface area contributed by atoms with Crippen LogP contribution in [0.1, 0.15) is 42.9 Å². The van der Waals surface area contributed by atoms with Gasteiger partial charge < -0.3 is 10.2 Å². The van der Waals surface area contributed by atoms with Gasteiger partial charge in [0.05, 0.1) is 11.1 Å². The predicted molar refractivity (Wildman–Crippen MR) is 99.5 cm³/mol. The third-order valence-corrected chi connectivity index (χ3v) is 4.94. The van der Waals surface area contributed by atoms with Crippen LogP contribution >= 0.6 is 11.6 Å². The van der Waals surface area contributed by atoms with E-state index in [4.69, 9.17) is 11.6 Å². The van der Waals surface area contributed by atoms with Crippen molar-refractivity contribution in [3.05, 3.63) is 64.4 Å². The number of halogens is 2. The molecular formula is C20H22ClFN2O. The first-order valence-electron chi connectivity index (χ1n) is 8.64. The van der Waals surface area contributed by atoms with Gasteiger partial charge >= 0.3 is 6.03 Å². The summed E-state index contributed by atoms with van der Waals surface area (Å²) in [5.41, 5.74) is 2.86. The van der Waals surface area contributed by atoms with E-state index in [2.05, 4.69) is 36.5 Å². The fourth-order valence-corrected chi connectivity index (χ4v) is 3.44. The highest BCUT2D eigenvalue weighted by Crippen LogP contribution is 2.31. The Morgan fingerprint density at radius 3 is 2.64 bits per heavy atom. The maximum absolute atomic E-state index is 13.3. The van der Waals surface area contributed by atoms with E-state index in [1.54, 1.807) is 0 Å². The second-order valence-corrected chi connectivity index (χ2v) is 6.94. The molecule has 0 saturated carbocycles. The van der Waals surface area contributed by atoms with Crippen molar-refractivity contribution >= 4 is 23.3 Å². The Kier molecular flexibility index (Phi) is 5.59. The predicted octanol–water partition coefficient (Wildman–Crippen LogP) is 5.94. The number of benzene rings is 2. The Balaban J connectivity index is 1.81. The molecule has 1 N–H and O–H groups in total. The number of nitrogens with one attached hydrogen (secondary N) is 1. The molecule has 1 aliphatic heterocycles. The van der Waals surface area contributed by atoms with Gasteiger partial charge in [-0.2, -0.15) is 0 Å². The van der Waals surface area contributed by atoms with Gasteiger partial charge in [0.25, 0.3) is 0 Å². The first-order valence-corrected chi connectivity index (χ1v) is 9.01. The summed E-state index contributed by atoms with van der Waals surface area (Å²) in [7, 11) is 0. The molecule has 1 aliphatic rings. The van der Waals surface area contributed by atoms with Gasteiger partial charge in [-0.25, -0.2) is 9.18 Å². The summed E-state index contributed by atoms with van der Waals surface area (Å²) in [6.07, 6.45) is 4.15.